The summed E-state index contributed by atoms with van der Waals surface area (Å²) in [5.41, 5.74) is 0.398. The van der Waals surface area contributed by atoms with Crippen LogP contribution < -0.4 is 5.32 Å². The Bertz CT molecular complexity index is 413. The Balaban J connectivity index is 2.88. The van der Waals surface area contributed by atoms with E-state index in [1.165, 1.54) is 12.3 Å². The summed E-state index contributed by atoms with van der Waals surface area (Å²) < 4.78 is 0. The molecule has 1 aromatic heterocycles. The van der Waals surface area contributed by atoms with Crippen LogP contribution in [0.4, 0.5) is 0 Å². The van der Waals surface area contributed by atoms with Gasteiger partial charge in [-0.3, -0.25) is 9.78 Å². The maximum atomic E-state index is 11.6. The summed E-state index contributed by atoms with van der Waals surface area (Å²) in [4.78, 5) is 15.6. The third-order valence-corrected chi connectivity index (χ3v) is 1.61. The van der Waals surface area contributed by atoms with Gasteiger partial charge < -0.3 is 5.32 Å². The minimum absolute atomic E-state index is 0.264. The molecule has 1 heterocycles. The first-order valence-corrected chi connectivity index (χ1v) is 4.61. The smallest absolute Gasteiger partial charge is 0.270 e. The van der Waals surface area contributed by atoms with E-state index in [0.717, 1.165) is 0 Å². The number of nitrogens with zero attached hydrogens (tertiary/aromatic N) is 2. The Morgan fingerprint density at radius 1 is 1.53 bits per heavy atom. The number of carbonyl (C=O) groups is 1. The molecule has 0 bridgehead atoms. The standard InChI is InChI=1S/C11H13N3O/c1-11(2,3)14-10(15)9-6-8(7-12)4-5-13-9/h4-6H,1-3H3,(H,14,15). The fourth-order valence-corrected chi connectivity index (χ4v) is 1.03. The highest BCUT2D eigenvalue weighted by Crippen LogP contribution is 2.04. The first kappa shape index (κ1) is 11.2. The molecule has 78 valence electrons. The number of nitriles is 1. The molecule has 0 aliphatic carbocycles. The molecule has 0 fully saturated rings. The molecule has 0 aromatic carbocycles. The van der Waals surface area contributed by atoms with Crippen LogP contribution in [0.25, 0.3) is 0 Å². The maximum Gasteiger partial charge on any atom is 0.270 e. The van der Waals surface area contributed by atoms with E-state index in [0.29, 0.717) is 5.56 Å². The summed E-state index contributed by atoms with van der Waals surface area (Å²) in [6.07, 6.45) is 1.45. The van der Waals surface area contributed by atoms with Crippen LogP contribution in [-0.2, 0) is 0 Å². The van der Waals surface area contributed by atoms with Crippen LogP contribution in [0.2, 0.25) is 0 Å². The van der Waals surface area contributed by atoms with E-state index in [-0.39, 0.29) is 17.1 Å². The van der Waals surface area contributed by atoms with Gasteiger partial charge in [-0.25, -0.2) is 0 Å². The predicted molar refractivity (Wildman–Crippen MR) is 56.2 cm³/mol. The molecule has 0 unspecified atom stereocenters. The van der Waals surface area contributed by atoms with Gasteiger partial charge in [0.1, 0.15) is 5.69 Å². The molecule has 1 rings (SSSR count). The van der Waals surface area contributed by atoms with Gasteiger partial charge in [-0.05, 0) is 32.9 Å². The lowest BCUT2D eigenvalue weighted by molar-refractivity contribution is 0.0914. The van der Waals surface area contributed by atoms with Crippen molar-refractivity contribution in [3.63, 3.8) is 0 Å². The lowest BCUT2D eigenvalue weighted by Gasteiger charge is -2.19. The van der Waals surface area contributed by atoms with Crippen molar-refractivity contribution in [1.29, 1.82) is 5.26 Å². The summed E-state index contributed by atoms with van der Waals surface area (Å²) in [6, 6.07) is 5.00. The zero-order chi connectivity index (χ0) is 11.5. The topological polar surface area (TPSA) is 65.8 Å². The molecule has 0 atom stereocenters. The van der Waals surface area contributed by atoms with Gasteiger partial charge in [0, 0.05) is 11.7 Å². The SMILES string of the molecule is CC(C)(C)NC(=O)c1cc(C#N)ccn1. The molecule has 0 saturated heterocycles. The van der Waals surface area contributed by atoms with Crippen LogP contribution in [0.5, 0.6) is 0 Å². The lowest BCUT2D eigenvalue weighted by atomic mass is 10.1. The van der Waals surface area contributed by atoms with Crippen molar-refractivity contribution >= 4 is 5.91 Å². The number of rotatable bonds is 1. The van der Waals surface area contributed by atoms with Crippen molar-refractivity contribution < 1.29 is 4.79 Å². The van der Waals surface area contributed by atoms with E-state index in [9.17, 15) is 4.79 Å². The first-order chi connectivity index (χ1) is 6.92. The van der Waals surface area contributed by atoms with Crippen LogP contribution in [0.1, 0.15) is 36.8 Å². The van der Waals surface area contributed by atoms with Gasteiger partial charge in [-0.15, -0.1) is 0 Å². The minimum Gasteiger partial charge on any atom is -0.346 e. The number of nitrogens with one attached hydrogen (secondary N) is 1. The third-order valence-electron chi connectivity index (χ3n) is 1.61. The van der Waals surface area contributed by atoms with E-state index < -0.39 is 0 Å². The average molecular weight is 203 g/mol. The Labute approximate surface area is 88.9 Å². The molecule has 4 heteroatoms. The predicted octanol–water partition coefficient (Wildman–Crippen LogP) is 1.48. The summed E-state index contributed by atoms with van der Waals surface area (Å²) in [7, 11) is 0. The Morgan fingerprint density at radius 3 is 2.73 bits per heavy atom. The maximum absolute atomic E-state index is 11.6. The lowest BCUT2D eigenvalue weighted by Crippen LogP contribution is -2.40. The minimum atomic E-state index is -0.304. The van der Waals surface area contributed by atoms with E-state index in [1.807, 2.05) is 26.8 Å². The average Bonchev–Trinajstić information content (AvgIpc) is 2.15. The van der Waals surface area contributed by atoms with Gasteiger partial charge in [-0.2, -0.15) is 5.26 Å². The van der Waals surface area contributed by atoms with Crippen LogP contribution in [0.15, 0.2) is 18.3 Å². The van der Waals surface area contributed by atoms with Crippen LogP contribution in [-0.4, -0.2) is 16.4 Å². The first-order valence-electron chi connectivity index (χ1n) is 4.61. The summed E-state index contributed by atoms with van der Waals surface area (Å²) in [6.45, 7) is 5.66. The molecule has 1 amide bonds. The van der Waals surface area contributed by atoms with E-state index in [1.54, 1.807) is 6.07 Å². The fraction of sp³-hybridized carbons (Fsp3) is 0.364. The zero-order valence-electron chi connectivity index (χ0n) is 9.03. The number of hydrogen-bond acceptors (Lipinski definition) is 3. The van der Waals surface area contributed by atoms with E-state index in [4.69, 9.17) is 5.26 Å². The van der Waals surface area contributed by atoms with Crippen LogP contribution in [0.3, 0.4) is 0 Å². The van der Waals surface area contributed by atoms with Gasteiger partial charge in [0.15, 0.2) is 0 Å². The second-order valence-corrected chi connectivity index (χ2v) is 4.25. The molecule has 1 aromatic rings. The molecule has 0 spiro atoms. The zero-order valence-corrected chi connectivity index (χ0v) is 9.03. The van der Waals surface area contributed by atoms with Gasteiger partial charge in [0.2, 0.25) is 0 Å². The monoisotopic (exact) mass is 203 g/mol. The molecule has 0 radical (unpaired) electrons. The van der Waals surface area contributed by atoms with Crippen molar-refractivity contribution in [2.45, 2.75) is 26.3 Å². The Morgan fingerprint density at radius 2 is 2.20 bits per heavy atom. The van der Waals surface area contributed by atoms with Crippen LogP contribution >= 0.6 is 0 Å². The normalized spacial score (nSPS) is 10.5. The van der Waals surface area contributed by atoms with Gasteiger partial charge in [-0.1, -0.05) is 0 Å². The highest BCUT2D eigenvalue weighted by atomic mass is 16.2. The van der Waals surface area contributed by atoms with Gasteiger partial charge in [0.25, 0.3) is 5.91 Å². The Kier molecular flexibility index (Phi) is 3.05. The number of aromatic nitrogens is 1. The van der Waals surface area contributed by atoms with Crippen molar-refractivity contribution in [2.75, 3.05) is 0 Å². The highest BCUT2D eigenvalue weighted by molar-refractivity contribution is 5.92. The second-order valence-electron chi connectivity index (χ2n) is 4.25. The number of hydrogen-bond donors (Lipinski definition) is 1. The number of pyridine rings is 1. The molecule has 15 heavy (non-hydrogen) atoms. The molecule has 1 N–H and O–H groups in total. The summed E-state index contributed by atoms with van der Waals surface area (Å²) >= 11 is 0. The molecular formula is C11H13N3O. The molecule has 0 aliphatic rings. The third kappa shape index (κ3) is 3.39. The number of amides is 1. The van der Waals surface area contributed by atoms with Gasteiger partial charge >= 0.3 is 0 Å². The molecular weight excluding hydrogens is 190 g/mol. The summed E-state index contributed by atoms with van der Waals surface area (Å²) in [5.74, 6) is -0.264. The van der Waals surface area contributed by atoms with E-state index >= 15 is 0 Å². The van der Waals surface area contributed by atoms with Crippen molar-refractivity contribution in [1.82, 2.24) is 10.3 Å². The largest absolute Gasteiger partial charge is 0.346 e. The van der Waals surface area contributed by atoms with Gasteiger partial charge in [0.05, 0.1) is 11.6 Å². The fourth-order valence-electron chi connectivity index (χ4n) is 1.03. The molecule has 4 nitrogen and oxygen atoms in total. The summed E-state index contributed by atoms with van der Waals surface area (Å²) in [5, 5.41) is 11.4. The van der Waals surface area contributed by atoms with E-state index in [2.05, 4.69) is 10.3 Å². The molecule has 0 saturated carbocycles. The van der Waals surface area contributed by atoms with Crippen LogP contribution in [0, 0.1) is 11.3 Å². The number of carbonyl (C=O) groups excluding carboxylic acids is 1. The second kappa shape index (κ2) is 4.09. The molecule has 0 aliphatic heterocycles. The Hall–Kier alpha value is -1.89. The van der Waals surface area contributed by atoms with Crippen molar-refractivity contribution in [3.05, 3.63) is 29.6 Å². The van der Waals surface area contributed by atoms with Crippen molar-refractivity contribution in [3.8, 4) is 6.07 Å². The van der Waals surface area contributed by atoms with Crippen molar-refractivity contribution in [2.24, 2.45) is 0 Å². The quantitative estimate of drug-likeness (QED) is 0.751. The highest BCUT2D eigenvalue weighted by Gasteiger charge is 2.16.